The Morgan fingerprint density at radius 3 is 2.48 bits per heavy atom. The van der Waals surface area contributed by atoms with Gasteiger partial charge >= 0.3 is 0 Å². The van der Waals surface area contributed by atoms with Gasteiger partial charge in [-0.2, -0.15) is 0 Å². The van der Waals surface area contributed by atoms with Gasteiger partial charge in [-0.3, -0.25) is 14.6 Å². The van der Waals surface area contributed by atoms with Crippen LogP contribution in [0, 0.1) is 18.6 Å². The molecule has 9 heteroatoms. The standard InChI is InChI=1S/C9H8ClFN2O.C9H7FN2O/c1-5(2)9(14)13-7-3-6(11)4-12-8(7)10;1-5-2-8(13)12-7-3-6(10)4-11-9(5)7/h3-4H,1H2,2H3,(H,13,14);2-4H,1H3,(H,12,13). The van der Waals surface area contributed by atoms with E-state index in [9.17, 15) is 18.4 Å². The molecule has 0 radical (unpaired) electrons. The minimum atomic E-state index is -0.564. The monoisotopic (exact) mass is 392 g/mol. The molecule has 6 nitrogen and oxygen atoms in total. The van der Waals surface area contributed by atoms with Crippen LogP contribution in [0.25, 0.3) is 11.0 Å². The molecule has 0 spiro atoms. The van der Waals surface area contributed by atoms with Crippen molar-refractivity contribution in [1.82, 2.24) is 15.0 Å². The fourth-order valence-corrected chi connectivity index (χ4v) is 2.17. The average Bonchev–Trinajstić information content (AvgIpc) is 2.58. The predicted molar refractivity (Wildman–Crippen MR) is 99.7 cm³/mol. The number of carbonyl (C=O) groups is 1. The lowest BCUT2D eigenvalue weighted by Gasteiger charge is -2.05. The van der Waals surface area contributed by atoms with Crippen molar-refractivity contribution >= 4 is 34.2 Å². The summed E-state index contributed by atoms with van der Waals surface area (Å²) >= 11 is 5.62. The molecule has 0 unspecified atom stereocenters. The Kier molecular flexibility index (Phi) is 6.36. The third-order valence-electron chi connectivity index (χ3n) is 3.27. The van der Waals surface area contributed by atoms with Gasteiger partial charge in [0.1, 0.15) is 11.6 Å². The van der Waals surface area contributed by atoms with Crippen LogP contribution in [0.4, 0.5) is 14.5 Å². The van der Waals surface area contributed by atoms with E-state index in [0.29, 0.717) is 16.6 Å². The first-order chi connectivity index (χ1) is 12.7. The van der Waals surface area contributed by atoms with E-state index < -0.39 is 17.5 Å². The molecule has 0 aliphatic heterocycles. The normalized spacial score (nSPS) is 10.1. The average molecular weight is 393 g/mol. The van der Waals surface area contributed by atoms with Crippen molar-refractivity contribution in [3.05, 3.63) is 75.4 Å². The minimum Gasteiger partial charge on any atom is -0.320 e. The SMILES string of the molecule is C=C(C)C(=O)Nc1cc(F)cnc1Cl.Cc1cc(=O)[nH]c2cc(F)cnc12. The Morgan fingerprint density at radius 1 is 1.19 bits per heavy atom. The molecular weight excluding hydrogens is 378 g/mol. The lowest BCUT2D eigenvalue weighted by atomic mass is 10.2. The highest BCUT2D eigenvalue weighted by atomic mass is 35.5. The van der Waals surface area contributed by atoms with Crippen molar-refractivity contribution < 1.29 is 13.6 Å². The van der Waals surface area contributed by atoms with Crippen LogP contribution in [0.5, 0.6) is 0 Å². The van der Waals surface area contributed by atoms with Gasteiger partial charge in [0.05, 0.1) is 29.1 Å². The molecule has 140 valence electrons. The van der Waals surface area contributed by atoms with E-state index in [-0.39, 0.29) is 16.4 Å². The molecule has 0 atom stereocenters. The van der Waals surface area contributed by atoms with Gasteiger partial charge in [0.2, 0.25) is 5.56 Å². The van der Waals surface area contributed by atoms with Crippen LogP contribution in [0.15, 0.2) is 47.5 Å². The van der Waals surface area contributed by atoms with Crippen LogP contribution >= 0.6 is 11.6 Å². The van der Waals surface area contributed by atoms with Crippen LogP contribution in [-0.4, -0.2) is 20.9 Å². The highest BCUT2D eigenvalue weighted by Crippen LogP contribution is 2.19. The number of H-pyrrole nitrogens is 1. The number of amides is 1. The molecule has 27 heavy (non-hydrogen) atoms. The number of hydrogen-bond acceptors (Lipinski definition) is 4. The van der Waals surface area contributed by atoms with E-state index in [4.69, 9.17) is 11.6 Å². The Balaban J connectivity index is 0.000000194. The van der Waals surface area contributed by atoms with Crippen LogP contribution in [0.3, 0.4) is 0 Å². The minimum absolute atomic E-state index is 0.0426. The van der Waals surface area contributed by atoms with Gasteiger partial charge in [-0.1, -0.05) is 18.2 Å². The summed E-state index contributed by atoms with van der Waals surface area (Å²) < 4.78 is 25.4. The van der Waals surface area contributed by atoms with Gasteiger partial charge in [0.25, 0.3) is 5.91 Å². The number of aryl methyl sites for hydroxylation is 1. The molecular formula is C18H15ClF2N4O2. The largest absolute Gasteiger partial charge is 0.320 e. The molecule has 0 aromatic carbocycles. The molecule has 3 rings (SSSR count). The molecule has 0 bridgehead atoms. The van der Waals surface area contributed by atoms with Crippen molar-refractivity contribution in [3.8, 4) is 0 Å². The number of fused-ring (bicyclic) bond motifs is 1. The molecule has 0 saturated heterocycles. The zero-order chi connectivity index (χ0) is 20.1. The van der Waals surface area contributed by atoms with E-state index >= 15 is 0 Å². The number of hydrogen-bond donors (Lipinski definition) is 2. The maximum Gasteiger partial charge on any atom is 0.250 e. The molecule has 1 amide bonds. The number of nitrogens with zero attached hydrogens (tertiary/aromatic N) is 2. The van der Waals surface area contributed by atoms with Crippen LogP contribution in [0.1, 0.15) is 12.5 Å². The number of anilines is 1. The summed E-state index contributed by atoms with van der Waals surface area (Å²) in [5, 5.41) is 2.42. The van der Waals surface area contributed by atoms with Crippen molar-refractivity contribution in [1.29, 1.82) is 0 Å². The summed E-state index contributed by atoms with van der Waals surface area (Å²) in [5.41, 5.74) is 2.02. The van der Waals surface area contributed by atoms with E-state index in [0.717, 1.165) is 24.0 Å². The Morgan fingerprint density at radius 2 is 1.81 bits per heavy atom. The van der Waals surface area contributed by atoms with Crippen molar-refractivity contribution in [2.24, 2.45) is 0 Å². The van der Waals surface area contributed by atoms with Gasteiger partial charge in [0, 0.05) is 23.8 Å². The number of halogens is 3. The number of aromatic nitrogens is 3. The highest BCUT2D eigenvalue weighted by molar-refractivity contribution is 6.32. The zero-order valence-electron chi connectivity index (χ0n) is 14.4. The number of carbonyl (C=O) groups excluding carboxylic acids is 1. The first kappa shape index (κ1) is 20.2. The summed E-state index contributed by atoms with van der Waals surface area (Å²) in [4.78, 5) is 32.1. The lowest BCUT2D eigenvalue weighted by Crippen LogP contribution is -2.12. The molecule has 0 saturated carbocycles. The van der Waals surface area contributed by atoms with E-state index in [2.05, 4.69) is 26.8 Å². The predicted octanol–water partition coefficient (Wildman–Crippen LogP) is 3.76. The summed E-state index contributed by atoms with van der Waals surface area (Å²) in [7, 11) is 0. The molecule has 3 aromatic rings. The van der Waals surface area contributed by atoms with Gasteiger partial charge in [0.15, 0.2) is 5.15 Å². The summed E-state index contributed by atoms with van der Waals surface area (Å²) in [6.45, 7) is 6.74. The Labute approximate surface area is 157 Å². The van der Waals surface area contributed by atoms with Crippen LogP contribution < -0.4 is 10.9 Å². The van der Waals surface area contributed by atoms with Crippen molar-refractivity contribution in [2.45, 2.75) is 13.8 Å². The van der Waals surface area contributed by atoms with E-state index in [1.807, 2.05) is 0 Å². The van der Waals surface area contributed by atoms with Gasteiger partial charge in [-0.25, -0.2) is 13.8 Å². The zero-order valence-corrected chi connectivity index (χ0v) is 15.2. The topological polar surface area (TPSA) is 87.7 Å². The maximum atomic E-state index is 12.7. The molecule has 3 aromatic heterocycles. The first-order valence-corrected chi connectivity index (χ1v) is 7.98. The summed E-state index contributed by atoms with van der Waals surface area (Å²) in [6.07, 6.45) is 2.10. The number of nitrogens with one attached hydrogen (secondary N) is 2. The summed E-state index contributed by atoms with van der Waals surface area (Å²) in [5.74, 6) is -1.43. The Bertz CT molecular complexity index is 1080. The van der Waals surface area contributed by atoms with Crippen LogP contribution in [-0.2, 0) is 4.79 Å². The van der Waals surface area contributed by atoms with Crippen molar-refractivity contribution in [3.63, 3.8) is 0 Å². The number of aromatic amines is 1. The quantitative estimate of drug-likeness (QED) is 0.513. The fraction of sp³-hybridized carbons (Fsp3) is 0.111. The third kappa shape index (κ3) is 5.42. The molecule has 3 heterocycles. The van der Waals surface area contributed by atoms with Crippen molar-refractivity contribution in [2.75, 3.05) is 5.32 Å². The maximum absolute atomic E-state index is 12.7. The number of rotatable bonds is 2. The second-order valence-electron chi connectivity index (χ2n) is 5.59. The number of pyridine rings is 3. The second kappa shape index (κ2) is 8.50. The second-order valence-corrected chi connectivity index (χ2v) is 5.95. The molecule has 0 aliphatic rings. The lowest BCUT2D eigenvalue weighted by molar-refractivity contribution is -0.112. The first-order valence-electron chi connectivity index (χ1n) is 7.60. The van der Waals surface area contributed by atoms with Crippen LogP contribution in [0.2, 0.25) is 5.15 Å². The highest BCUT2D eigenvalue weighted by Gasteiger charge is 2.08. The van der Waals surface area contributed by atoms with E-state index in [1.165, 1.54) is 19.1 Å². The molecule has 2 N–H and O–H groups in total. The van der Waals surface area contributed by atoms with Gasteiger partial charge in [-0.15, -0.1) is 0 Å². The summed E-state index contributed by atoms with van der Waals surface area (Å²) in [6, 6.07) is 3.79. The fourth-order valence-electron chi connectivity index (χ4n) is 2.02. The van der Waals surface area contributed by atoms with Gasteiger partial charge in [-0.05, 0) is 19.4 Å². The molecule has 0 aliphatic carbocycles. The van der Waals surface area contributed by atoms with Gasteiger partial charge < -0.3 is 10.3 Å². The van der Waals surface area contributed by atoms with E-state index in [1.54, 1.807) is 6.92 Å². The Hall–Kier alpha value is -3.13. The third-order valence-corrected chi connectivity index (χ3v) is 3.58. The smallest absolute Gasteiger partial charge is 0.250 e. The molecule has 0 fully saturated rings.